The summed E-state index contributed by atoms with van der Waals surface area (Å²) in [5.41, 5.74) is 6.76. The van der Waals surface area contributed by atoms with Crippen molar-refractivity contribution in [1.29, 1.82) is 0 Å². The van der Waals surface area contributed by atoms with Crippen LogP contribution in [-0.2, 0) is 9.53 Å². The number of thioether (sulfide) groups is 1. The molecule has 33 heavy (non-hydrogen) atoms. The highest BCUT2D eigenvalue weighted by Crippen LogP contribution is 2.34. The maximum atomic E-state index is 12.7. The molecule has 0 spiro atoms. The number of carbonyl (C=O) groups excluding carboxylic acids is 3. The lowest BCUT2D eigenvalue weighted by molar-refractivity contribution is -0.113. The van der Waals surface area contributed by atoms with Gasteiger partial charge in [0.25, 0.3) is 5.91 Å². The minimum Gasteiger partial charge on any atom is -0.469 e. The zero-order valence-corrected chi connectivity index (χ0v) is 20.6. The van der Waals surface area contributed by atoms with Gasteiger partial charge in [0.1, 0.15) is 10.8 Å². The van der Waals surface area contributed by atoms with Crippen LogP contribution in [-0.4, -0.2) is 44.9 Å². The van der Waals surface area contributed by atoms with E-state index in [0.717, 1.165) is 22.7 Å². The zero-order chi connectivity index (χ0) is 24.3. The Hall–Kier alpha value is -3.12. The molecule has 0 fully saturated rings. The Morgan fingerprint density at radius 2 is 2.03 bits per heavy atom. The van der Waals surface area contributed by atoms with Gasteiger partial charge in [-0.3, -0.25) is 14.2 Å². The number of furan rings is 1. The van der Waals surface area contributed by atoms with E-state index in [4.69, 9.17) is 14.9 Å². The van der Waals surface area contributed by atoms with Gasteiger partial charge in [-0.2, -0.15) is 0 Å². The first-order chi connectivity index (χ1) is 15.6. The number of ether oxygens (including phenoxy) is 1. The smallest absolute Gasteiger partial charge is 0.341 e. The van der Waals surface area contributed by atoms with Crippen molar-refractivity contribution in [3.8, 4) is 11.4 Å². The first-order valence-corrected chi connectivity index (χ1v) is 12.0. The molecule has 176 valence electrons. The highest BCUT2D eigenvalue weighted by atomic mass is 32.2. The van der Waals surface area contributed by atoms with Crippen LogP contribution in [0.1, 0.15) is 58.2 Å². The molecule has 3 aromatic rings. The lowest BCUT2D eigenvalue weighted by atomic mass is 10.1. The minimum absolute atomic E-state index is 0.0142. The van der Waals surface area contributed by atoms with Crippen molar-refractivity contribution < 1.29 is 23.5 Å². The van der Waals surface area contributed by atoms with Crippen LogP contribution in [0.25, 0.3) is 11.4 Å². The van der Waals surface area contributed by atoms with E-state index in [1.807, 2.05) is 31.4 Å². The number of hydrogen-bond donors (Lipinski definition) is 2. The average Bonchev–Trinajstić information content (AvgIpc) is 3.43. The van der Waals surface area contributed by atoms with Gasteiger partial charge in [-0.05, 0) is 46.2 Å². The topological polar surface area (TPSA) is 142 Å². The molecule has 0 bridgehead atoms. The van der Waals surface area contributed by atoms with Gasteiger partial charge in [0, 0.05) is 6.04 Å². The molecule has 2 amide bonds. The first kappa shape index (κ1) is 24.5. The van der Waals surface area contributed by atoms with Crippen LogP contribution in [0.3, 0.4) is 0 Å². The summed E-state index contributed by atoms with van der Waals surface area (Å²) in [7, 11) is 0. The molecule has 3 heterocycles. The number of hydrogen-bond acceptors (Lipinski definition) is 9. The predicted molar refractivity (Wildman–Crippen MR) is 126 cm³/mol. The Morgan fingerprint density at radius 1 is 1.30 bits per heavy atom. The first-order valence-electron chi connectivity index (χ1n) is 10.2. The molecule has 10 nitrogen and oxygen atoms in total. The Bertz CT molecular complexity index is 1190. The number of esters is 1. The van der Waals surface area contributed by atoms with Gasteiger partial charge in [-0.25, -0.2) is 4.79 Å². The molecule has 0 unspecified atom stereocenters. The number of nitrogens with one attached hydrogen (secondary N) is 1. The second kappa shape index (κ2) is 10.2. The van der Waals surface area contributed by atoms with Crippen molar-refractivity contribution in [1.82, 2.24) is 14.8 Å². The monoisotopic (exact) mass is 491 g/mol. The Kier molecular flexibility index (Phi) is 7.59. The maximum absolute atomic E-state index is 12.7. The third kappa shape index (κ3) is 5.11. The second-order valence-corrected chi connectivity index (χ2v) is 9.31. The summed E-state index contributed by atoms with van der Waals surface area (Å²) in [6, 6.07) is 1.87. The maximum Gasteiger partial charge on any atom is 0.341 e. The lowest BCUT2D eigenvalue weighted by Crippen LogP contribution is -2.17. The van der Waals surface area contributed by atoms with E-state index in [0.29, 0.717) is 16.5 Å². The molecule has 0 atom stereocenters. The highest BCUT2D eigenvalue weighted by molar-refractivity contribution is 7.99. The third-order valence-corrected chi connectivity index (χ3v) is 6.88. The molecular formula is C21H25N5O5S2. The van der Waals surface area contributed by atoms with E-state index in [2.05, 4.69) is 15.5 Å². The fourth-order valence-electron chi connectivity index (χ4n) is 3.22. The number of carbonyl (C=O) groups is 3. The Morgan fingerprint density at radius 3 is 2.61 bits per heavy atom. The molecule has 12 heteroatoms. The Balaban J connectivity index is 1.80. The number of anilines is 1. The fraction of sp³-hybridized carbons (Fsp3) is 0.381. The van der Waals surface area contributed by atoms with Gasteiger partial charge in [0.05, 0.1) is 34.6 Å². The van der Waals surface area contributed by atoms with Gasteiger partial charge in [0.15, 0.2) is 11.0 Å². The van der Waals surface area contributed by atoms with E-state index >= 15 is 0 Å². The fourth-order valence-corrected chi connectivity index (χ4v) is 5.15. The number of nitrogens with zero attached hydrogens (tertiary/aromatic N) is 3. The van der Waals surface area contributed by atoms with E-state index in [1.54, 1.807) is 20.1 Å². The number of aromatic nitrogens is 3. The zero-order valence-electron chi connectivity index (χ0n) is 18.9. The van der Waals surface area contributed by atoms with Crippen molar-refractivity contribution in [3.05, 3.63) is 34.1 Å². The molecule has 0 saturated heterocycles. The van der Waals surface area contributed by atoms with Crippen molar-refractivity contribution in [2.24, 2.45) is 5.73 Å². The molecule has 0 aliphatic rings. The summed E-state index contributed by atoms with van der Waals surface area (Å²) >= 11 is 2.16. The van der Waals surface area contributed by atoms with E-state index in [1.165, 1.54) is 11.8 Å². The number of aryl methyl sites for hydroxylation is 1. The molecule has 0 aromatic carbocycles. The number of amides is 2. The summed E-state index contributed by atoms with van der Waals surface area (Å²) < 4.78 is 12.4. The van der Waals surface area contributed by atoms with Crippen LogP contribution in [0.5, 0.6) is 0 Å². The molecule has 3 N–H and O–H groups in total. The number of thiophene rings is 1. The molecular weight excluding hydrogens is 466 g/mol. The van der Waals surface area contributed by atoms with Gasteiger partial charge in [-0.1, -0.05) is 11.8 Å². The molecule has 0 radical (unpaired) electrons. The van der Waals surface area contributed by atoms with Gasteiger partial charge < -0.3 is 20.2 Å². The van der Waals surface area contributed by atoms with Crippen molar-refractivity contribution >= 4 is 45.9 Å². The van der Waals surface area contributed by atoms with Crippen LogP contribution in [0.2, 0.25) is 0 Å². The van der Waals surface area contributed by atoms with Crippen LogP contribution in [0, 0.1) is 13.8 Å². The standard InChI is InChI=1S/C21H25N5O5S2/c1-6-30-20(29)15-11(4)16(17(22)28)33-19(15)23-14(27)9-32-21-25-24-18(26(21)10(2)3)13-7-8-31-12(13)5/h7-8,10H,6,9H2,1-5H3,(H2,22,28)(H,23,27). The SMILES string of the molecule is CCOC(=O)c1c(NC(=O)CSc2nnc(-c3ccoc3C)n2C(C)C)sc(C(N)=O)c1C. The Labute approximate surface area is 198 Å². The summed E-state index contributed by atoms with van der Waals surface area (Å²) in [6.45, 7) is 9.27. The van der Waals surface area contributed by atoms with Crippen LogP contribution in [0.4, 0.5) is 5.00 Å². The van der Waals surface area contributed by atoms with Gasteiger partial charge in [-0.15, -0.1) is 21.5 Å². The lowest BCUT2D eigenvalue weighted by Gasteiger charge is -2.13. The van der Waals surface area contributed by atoms with Crippen LogP contribution < -0.4 is 11.1 Å². The molecule has 3 aromatic heterocycles. The highest BCUT2D eigenvalue weighted by Gasteiger charge is 2.26. The largest absolute Gasteiger partial charge is 0.469 e. The third-order valence-electron chi connectivity index (χ3n) is 4.72. The predicted octanol–water partition coefficient (Wildman–Crippen LogP) is 3.80. The summed E-state index contributed by atoms with van der Waals surface area (Å²) in [6.07, 6.45) is 1.59. The number of nitrogens with two attached hydrogens (primary N) is 1. The van der Waals surface area contributed by atoms with Crippen LogP contribution >= 0.6 is 23.1 Å². The number of primary amides is 1. The second-order valence-electron chi connectivity index (χ2n) is 7.34. The summed E-state index contributed by atoms with van der Waals surface area (Å²) in [4.78, 5) is 37.0. The van der Waals surface area contributed by atoms with Crippen molar-refractivity contribution in [3.63, 3.8) is 0 Å². The van der Waals surface area contributed by atoms with Crippen LogP contribution in [0.15, 0.2) is 21.9 Å². The average molecular weight is 492 g/mol. The van der Waals surface area contributed by atoms with E-state index < -0.39 is 11.9 Å². The van der Waals surface area contributed by atoms with E-state index in [-0.39, 0.29) is 39.8 Å². The molecule has 0 saturated carbocycles. The molecule has 0 aliphatic heterocycles. The van der Waals surface area contributed by atoms with Crippen molar-refractivity contribution in [2.45, 2.75) is 45.8 Å². The van der Waals surface area contributed by atoms with Gasteiger partial charge in [0.2, 0.25) is 5.91 Å². The molecule has 3 rings (SSSR count). The summed E-state index contributed by atoms with van der Waals surface area (Å²) in [5, 5.41) is 12.0. The quantitative estimate of drug-likeness (QED) is 0.340. The van der Waals surface area contributed by atoms with Gasteiger partial charge >= 0.3 is 5.97 Å². The normalized spacial score (nSPS) is 11.1. The minimum atomic E-state index is -0.676. The van der Waals surface area contributed by atoms with Crippen molar-refractivity contribution in [2.75, 3.05) is 17.7 Å². The summed E-state index contributed by atoms with van der Waals surface area (Å²) in [5.74, 6) is -0.277. The molecule has 0 aliphatic carbocycles. The van der Waals surface area contributed by atoms with E-state index in [9.17, 15) is 14.4 Å². The number of rotatable bonds is 9.